The lowest BCUT2D eigenvalue weighted by Gasteiger charge is -2.09. The molecule has 0 aliphatic heterocycles. The first-order valence-corrected chi connectivity index (χ1v) is 10.3. The fourth-order valence-corrected chi connectivity index (χ4v) is 5.02. The maximum absolute atomic E-state index is 11.3. The lowest BCUT2D eigenvalue weighted by molar-refractivity contribution is -0.116. The van der Waals surface area contributed by atoms with E-state index in [2.05, 4.69) is 48.9 Å². The molecule has 2 aromatic heterocycles. The van der Waals surface area contributed by atoms with Gasteiger partial charge in [-0.3, -0.25) is 4.79 Å². The van der Waals surface area contributed by atoms with Crippen molar-refractivity contribution in [2.75, 3.05) is 5.75 Å². The largest absolute Gasteiger partial charge is 0.300 e. The van der Waals surface area contributed by atoms with Crippen molar-refractivity contribution in [1.29, 1.82) is 0 Å². The molecular weight excluding hydrogens is 348 g/mol. The Morgan fingerprint density at radius 2 is 2.00 bits per heavy atom. The van der Waals surface area contributed by atoms with Crippen molar-refractivity contribution in [2.24, 2.45) is 0 Å². The van der Waals surface area contributed by atoms with Crippen LogP contribution in [0.5, 0.6) is 0 Å². The molecule has 0 radical (unpaired) electrons. The number of carbonyl (C=O) groups excluding carboxylic acids is 1. The van der Waals surface area contributed by atoms with Gasteiger partial charge in [0.25, 0.3) is 0 Å². The van der Waals surface area contributed by atoms with Crippen molar-refractivity contribution in [1.82, 2.24) is 9.97 Å². The monoisotopic (exact) mass is 370 g/mol. The van der Waals surface area contributed by atoms with Crippen LogP contribution in [0.4, 0.5) is 0 Å². The number of Topliss-reactive ketones (excluding diaryl/α,β-unsaturated/α-hetero) is 1. The molecule has 0 unspecified atom stereocenters. The van der Waals surface area contributed by atoms with Gasteiger partial charge in [0.15, 0.2) is 0 Å². The lowest BCUT2D eigenvalue weighted by Crippen LogP contribution is -1.94. The number of nitrogens with zero attached hydrogens (tertiary/aromatic N) is 2. The zero-order valence-electron chi connectivity index (χ0n) is 15.0. The first-order valence-electron chi connectivity index (χ1n) is 8.47. The van der Waals surface area contributed by atoms with Gasteiger partial charge in [0.2, 0.25) is 0 Å². The molecule has 0 aliphatic rings. The van der Waals surface area contributed by atoms with E-state index in [0.717, 1.165) is 27.4 Å². The number of rotatable bonds is 6. The van der Waals surface area contributed by atoms with Gasteiger partial charge in [0, 0.05) is 22.6 Å². The second kappa shape index (κ2) is 7.67. The van der Waals surface area contributed by atoms with Crippen molar-refractivity contribution in [3.63, 3.8) is 0 Å². The Labute approximate surface area is 156 Å². The number of thioether (sulfide) groups is 1. The third-order valence-electron chi connectivity index (χ3n) is 4.34. The second-order valence-electron chi connectivity index (χ2n) is 6.21. The van der Waals surface area contributed by atoms with E-state index in [1.807, 2.05) is 0 Å². The van der Waals surface area contributed by atoms with Gasteiger partial charge in [-0.2, -0.15) is 0 Å². The summed E-state index contributed by atoms with van der Waals surface area (Å²) in [5.41, 5.74) is 5.08. The van der Waals surface area contributed by atoms with Crippen LogP contribution in [-0.4, -0.2) is 21.5 Å². The van der Waals surface area contributed by atoms with Crippen LogP contribution in [0.3, 0.4) is 0 Å². The van der Waals surface area contributed by atoms with Gasteiger partial charge >= 0.3 is 0 Å². The molecule has 0 aliphatic carbocycles. The molecule has 5 heteroatoms. The number of hydrogen-bond donors (Lipinski definition) is 0. The van der Waals surface area contributed by atoms with Gasteiger partial charge in [-0.05, 0) is 43.9 Å². The van der Waals surface area contributed by atoms with Crippen molar-refractivity contribution in [3.05, 3.63) is 40.5 Å². The molecule has 0 amide bonds. The minimum atomic E-state index is 0.215. The highest BCUT2D eigenvalue weighted by Crippen LogP contribution is 2.42. The Kier molecular flexibility index (Phi) is 5.54. The van der Waals surface area contributed by atoms with E-state index in [1.54, 1.807) is 36.3 Å². The van der Waals surface area contributed by atoms with E-state index < -0.39 is 0 Å². The highest BCUT2D eigenvalue weighted by molar-refractivity contribution is 7.99. The van der Waals surface area contributed by atoms with Crippen LogP contribution >= 0.6 is 23.1 Å². The fraction of sp³-hybridized carbons (Fsp3) is 0.350. The van der Waals surface area contributed by atoms with Gasteiger partial charge in [-0.1, -0.05) is 25.1 Å². The van der Waals surface area contributed by atoms with E-state index in [1.165, 1.54) is 27.1 Å². The number of aromatic nitrogens is 2. The van der Waals surface area contributed by atoms with E-state index in [9.17, 15) is 4.79 Å². The highest BCUT2D eigenvalue weighted by atomic mass is 32.2. The third-order valence-corrected chi connectivity index (χ3v) is 6.57. The molecule has 3 aromatic rings. The number of thiophene rings is 1. The van der Waals surface area contributed by atoms with Gasteiger partial charge in [-0.15, -0.1) is 23.1 Å². The van der Waals surface area contributed by atoms with E-state index in [4.69, 9.17) is 0 Å². The van der Waals surface area contributed by atoms with E-state index in [0.29, 0.717) is 6.42 Å². The van der Waals surface area contributed by atoms with Crippen molar-refractivity contribution >= 4 is 39.1 Å². The van der Waals surface area contributed by atoms with Crippen LogP contribution in [-0.2, 0) is 11.2 Å². The summed E-state index contributed by atoms with van der Waals surface area (Å²) in [4.78, 5) is 22.7. The average Bonchev–Trinajstić information content (AvgIpc) is 2.96. The van der Waals surface area contributed by atoms with Crippen LogP contribution in [0, 0.1) is 13.8 Å². The first-order chi connectivity index (χ1) is 12.0. The quantitative estimate of drug-likeness (QED) is 0.418. The molecule has 3 rings (SSSR count). The van der Waals surface area contributed by atoms with Gasteiger partial charge in [-0.25, -0.2) is 9.97 Å². The topological polar surface area (TPSA) is 42.9 Å². The molecule has 0 atom stereocenters. The van der Waals surface area contributed by atoms with Crippen molar-refractivity contribution < 1.29 is 4.79 Å². The zero-order valence-corrected chi connectivity index (χ0v) is 16.7. The summed E-state index contributed by atoms with van der Waals surface area (Å²) in [6.45, 7) is 8.11. The minimum Gasteiger partial charge on any atom is -0.300 e. The van der Waals surface area contributed by atoms with Crippen LogP contribution in [0.1, 0.15) is 36.3 Å². The van der Waals surface area contributed by atoms with Gasteiger partial charge in [0.05, 0.1) is 5.39 Å². The SMILES string of the molecule is CCc1sc2ncnc(SCCC(C)=O)c2c1-c1ccc(C)c(C)c1. The summed E-state index contributed by atoms with van der Waals surface area (Å²) < 4.78 is 0. The number of hydrogen-bond acceptors (Lipinski definition) is 5. The summed E-state index contributed by atoms with van der Waals surface area (Å²) >= 11 is 3.40. The average molecular weight is 371 g/mol. The molecule has 130 valence electrons. The predicted octanol–water partition coefficient (Wildman–Crippen LogP) is 5.61. The smallest absolute Gasteiger partial charge is 0.130 e. The molecule has 1 aromatic carbocycles. The van der Waals surface area contributed by atoms with Crippen molar-refractivity contribution in [2.45, 2.75) is 45.6 Å². The van der Waals surface area contributed by atoms with Crippen LogP contribution in [0.25, 0.3) is 21.3 Å². The summed E-state index contributed by atoms with van der Waals surface area (Å²) in [5.74, 6) is 0.970. The first kappa shape index (κ1) is 18.1. The van der Waals surface area contributed by atoms with Crippen LogP contribution in [0.2, 0.25) is 0 Å². The molecule has 25 heavy (non-hydrogen) atoms. The molecular formula is C20H22N2OS2. The third kappa shape index (κ3) is 3.77. The Balaban J connectivity index is 2.14. The molecule has 2 heterocycles. The Hall–Kier alpha value is -1.72. The maximum atomic E-state index is 11.3. The lowest BCUT2D eigenvalue weighted by atomic mass is 9.98. The van der Waals surface area contributed by atoms with Gasteiger partial charge < -0.3 is 0 Å². The number of aryl methyl sites for hydroxylation is 3. The minimum absolute atomic E-state index is 0.215. The van der Waals surface area contributed by atoms with E-state index in [-0.39, 0.29) is 5.78 Å². The van der Waals surface area contributed by atoms with E-state index >= 15 is 0 Å². The molecule has 3 nitrogen and oxygen atoms in total. The normalized spacial score (nSPS) is 11.2. The van der Waals surface area contributed by atoms with Crippen LogP contribution in [0.15, 0.2) is 29.6 Å². The number of ketones is 1. The summed E-state index contributed by atoms with van der Waals surface area (Å²) in [6.07, 6.45) is 3.18. The fourth-order valence-electron chi connectivity index (χ4n) is 2.80. The highest BCUT2D eigenvalue weighted by Gasteiger charge is 2.18. The number of carbonyl (C=O) groups is 1. The van der Waals surface area contributed by atoms with Crippen LogP contribution < -0.4 is 0 Å². The predicted molar refractivity (Wildman–Crippen MR) is 108 cm³/mol. The molecule has 0 bridgehead atoms. The maximum Gasteiger partial charge on any atom is 0.130 e. The summed E-state index contributed by atoms with van der Waals surface area (Å²) in [7, 11) is 0. The number of benzene rings is 1. The molecule has 0 saturated heterocycles. The zero-order chi connectivity index (χ0) is 18.0. The molecule has 0 N–H and O–H groups in total. The van der Waals surface area contributed by atoms with Gasteiger partial charge in [0.1, 0.15) is 22.0 Å². The number of fused-ring (bicyclic) bond motifs is 1. The Morgan fingerprint density at radius 1 is 1.20 bits per heavy atom. The second-order valence-corrected chi connectivity index (χ2v) is 8.38. The molecule has 0 spiro atoms. The molecule has 0 saturated carbocycles. The summed E-state index contributed by atoms with van der Waals surface area (Å²) in [5, 5.41) is 2.12. The van der Waals surface area contributed by atoms with Crippen molar-refractivity contribution in [3.8, 4) is 11.1 Å². The standard InChI is InChI=1S/C20H22N2OS2/c1-5-16-17(15-7-6-12(2)13(3)10-15)18-19(24-9-8-14(4)23)21-11-22-20(18)25-16/h6-7,10-11H,5,8-9H2,1-4H3. The molecule has 0 fully saturated rings. The Bertz CT molecular complexity index is 931. The summed E-state index contributed by atoms with van der Waals surface area (Å²) in [6, 6.07) is 6.63. The Morgan fingerprint density at radius 3 is 2.68 bits per heavy atom.